The van der Waals surface area contributed by atoms with E-state index in [-0.39, 0.29) is 18.4 Å². The molecule has 0 saturated carbocycles. The van der Waals surface area contributed by atoms with E-state index in [0.29, 0.717) is 39.0 Å². The Balaban J connectivity index is 3.92. The molecular formula is C22H43N3O4. The predicted octanol–water partition coefficient (Wildman–Crippen LogP) is 3.33. The molecule has 7 nitrogen and oxygen atoms in total. The molecule has 3 N–H and O–H groups in total. The average molecular weight is 414 g/mol. The van der Waals surface area contributed by atoms with Crippen LogP contribution in [0.15, 0.2) is 0 Å². The maximum absolute atomic E-state index is 11.8. The minimum absolute atomic E-state index is 0.0214. The van der Waals surface area contributed by atoms with Gasteiger partial charge < -0.3 is 15.7 Å². The second-order valence-electron chi connectivity index (χ2n) is 7.70. The van der Waals surface area contributed by atoms with Crippen LogP contribution in [0.3, 0.4) is 0 Å². The molecule has 0 aliphatic heterocycles. The summed E-state index contributed by atoms with van der Waals surface area (Å²) >= 11 is 0. The maximum Gasteiger partial charge on any atom is 0.317 e. The van der Waals surface area contributed by atoms with Gasteiger partial charge in [-0.15, -0.1) is 0 Å². The highest BCUT2D eigenvalue weighted by molar-refractivity contribution is 5.76. The normalized spacial score (nSPS) is 10.9. The van der Waals surface area contributed by atoms with Crippen LogP contribution in [0.4, 0.5) is 0 Å². The van der Waals surface area contributed by atoms with Gasteiger partial charge in [-0.1, -0.05) is 65.2 Å². The molecule has 170 valence electrons. The zero-order chi connectivity index (χ0) is 21.7. The molecule has 29 heavy (non-hydrogen) atoms. The number of hydrogen-bond acceptors (Lipinski definition) is 4. The number of nitrogens with one attached hydrogen (secondary N) is 2. The van der Waals surface area contributed by atoms with E-state index in [1.807, 2.05) is 0 Å². The van der Waals surface area contributed by atoms with E-state index in [0.717, 1.165) is 25.7 Å². The van der Waals surface area contributed by atoms with Crippen LogP contribution < -0.4 is 10.6 Å². The van der Waals surface area contributed by atoms with Crippen molar-refractivity contribution in [2.75, 3.05) is 32.7 Å². The zero-order valence-electron chi connectivity index (χ0n) is 18.6. The first-order valence-electron chi connectivity index (χ1n) is 11.5. The summed E-state index contributed by atoms with van der Waals surface area (Å²) in [4.78, 5) is 36.5. The second-order valence-corrected chi connectivity index (χ2v) is 7.70. The van der Waals surface area contributed by atoms with Gasteiger partial charge in [-0.2, -0.15) is 0 Å². The molecule has 2 amide bonds. The molecule has 0 saturated heterocycles. The van der Waals surface area contributed by atoms with Crippen molar-refractivity contribution in [3.05, 3.63) is 0 Å². The first-order chi connectivity index (χ1) is 14.0. The second kappa shape index (κ2) is 19.7. The van der Waals surface area contributed by atoms with Crippen molar-refractivity contribution in [2.24, 2.45) is 0 Å². The highest BCUT2D eigenvalue weighted by atomic mass is 16.4. The van der Waals surface area contributed by atoms with Gasteiger partial charge in [-0.05, 0) is 12.8 Å². The molecule has 0 bridgehead atoms. The molecule has 0 aromatic rings. The summed E-state index contributed by atoms with van der Waals surface area (Å²) in [5.41, 5.74) is 0. The van der Waals surface area contributed by atoms with E-state index in [1.54, 1.807) is 4.90 Å². The fourth-order valence-corrected chi connectivity index (χ4v) is 3.12. The van der Waals surface area contributed by atoms with Crippen LogP contribution in [-0.4, -0.2) is 60.5 Å². The molecular weight excluding hydrogens is 370 g/mol. The highest BCUT2D eigenvalue weighted by Gasteiger charge is 2.11. The number of carbonyl (C=O) groups is 3. The zero-order valence-corrected chi connectivity index (χ0v) is 18.6. The van der Waals surface area contributed by atoms with E-state index in [1.165, 1.54) is 38.5 Å². The summed E-state index contributed by atoms with van der Waals surface area (Å²) < 4.78 is 0. The van der Waals surface area contributed by atoms with Gasteiger partial charge in [-0.25, -0.2) is 0 Å². The van der Waals surface area contributed by atoms with Crippen LogP contribution >= 0.6 is 0 Å². The summed E-state index contributed by atoms with van der Waals surface area (Å²) in [6, 6.07) is 0. The first-order valence-corrected chi connectivity index (χ1v) is 11.5. The molecule has 7 heteroatoms. The van der Waals surface area contributed by atoms with E-state index in [9.17, 15) is 14.4 Å². The Morgan fingerprint density at radius 1 is 0.690 bits per heavy atom. The Kier molecular flexibility index (Phi) is 18.6. The molecule has 0 radical (unpaired) electrons. The Morgan fingerprint density at radius 2 is 1.10 bits per heavy atom. The summed E-state index contributed by atoms with van der Waals surface area (Å²) in [5, 5.41) is 14.8. The summed E-state index contributed by atoms with van der Waals surface area (Å²) in [7, 11) is 0. The Labute approximate surface area is 177 Å². The van der Waals surface area contributed by atoms with Gasteiger partial charge >= 0.3 is 5.97 Å². The third kappa shape index (κ3) is 19.5. The number of amides is 2. The Morgan fingerprint density at radius 3 is 1.48 bits per heavy atom. The van der Waals surface area contributed by atoms with Crippen molar-refractivity contribution in [3.63, 3.8) is 0 Å². The fourth-order valence-electron chi connectivity index (χ4n) is 3.12. The SMILES string of the molecule is CCCCCCCC(=O)NCCN(CCNC(=O)CCCCCCC)CC(=O)O. The van der Waals surface area contributed by atoms with E-state index >= 15 is 0 Å². The van der Waals surface area contributed by atoms with Crippen molar-refractivity contribution < 1.29 is 19.5 Å². The molecule has 0 unspecified atom stereocenters. The lowest BCUT2D eigenvalue weighted by Gasteiger charge is -2.20. The molecule has 0 aliphatic rings. The minimum atomic E-state index is -0.908. The molecule has 0 fully saturated rings. The minimum Gasteiger partial charge on any atom is -0.480 e. The number of aliphatic carboxylic acids is 1. The number of unbranched alkanes of at least 4 members (excludes halogenated alkanes) is 8. The molecule has 0 heterocycles. The maximum atomic E-state index is 11.8. The Hall–Kier alpha value is -1.63. The van der Waals surface area contributed by atoms with Crippen molar-refractivity contribution >= 4 is 17.8 Å². The van der Waals surface area contributed by atoms with E-state index < -0.39 is 5.97 Å². The average Bonchev–Trinajstić information content (AvgIpc) is 2.67. The van der Waals surface area contributed by atoms with Crippen molar-refractivity contribution in [2.45, 2.75) is 90.9 Å². The van der Waals surface area contributed by atoms with Crippen molar-refractivity contribution in [3.8, 4) is 0 Å². The first kappa shape index (κ1) is 27.4. The molecule has 0 rings (SSSR count). The van der Waals surface area contributed by atoms with Crippen molar-refractivity contribution in [1.29, 1.82) is 0 Å². The smallest absolute Gasteiger partial charge is 0.317 e. The van der Waals surface area contributed by atoms with Gasteiger partial charge in [-0.3, -0.25) is 19.3 Å². The quantitative estimate of drug-likeness (QED) is 0.266. The molecule has 0 spiro atoms. The summed E-state index contributed by atoms with van der Waals surface area (Å²) in [5.74, 6) is -0.865. The van der Waals surface area contributed by atoms with Gasteiger partial charge in [0.25, 0.3) is 0 Å². The van der Waals surface area contributed by atoms with Crippen molar-refractivity contribution in [1.82, 2.24) is 15.5 Å². The van der Waals surface area contributed by atoms with Crippen LogP contribution in [0.5, 0.6) is 0 Å². The topological polar surface area (TPSA) is 98.7 Å². The summed E-state index contributed by atoms with van der Waals surface area (Å²) in [6.45, 7) is 5.99. The Bertz CT molecular complexity index is 412. The van der Waals surface area contributed by atoms with E-state index in [4.69, 9.17) is 5.11 Å². The number of rotatable bonds is 20. The van der Waals surface area contributed by atoms with Gasteiger partial charge in [0.1, 0.15) is 0 Å². The lowest BCUT2D eigenvalue weighted by Crippen LogP contribution is -2.41. The summed E-state index contributed by atoms with van der Waals surface area (Å²) in [6.07, 6.45) is 12.1. The third-order valence-electron chi connectivity index (χ3n) is 4.87. The number of hydrogen-bond donors (Lipinski definition) is 3. The van der Waals surface area contributed by atoms with E-state index in [2.05, 4.69) is 24.5 Å². The largest absolute Gasteiger partial charge is 0.480 e. The van der Waals surface area contributed by atoms with Crippen LogP contribution in [0, 0.1) is 0 Å². The van der Waals surface area contributed by atoms with Crippen LogP contribution in [0.25, 0.3) is 0 Å². The fraction of sp³-hybridized carbons (Fsp3) is 0.864. The predicted molar refractivity (Wildman–Crippen MR) is 117 cm³/mol. The molecule has 0 aromatic heterocycles. The highest BCUT2D eigenvalue weighted by Crippen LogP contribution is 2.05. The number of carbonyl (C=O) groups excluding carboxylic acids is 2. The number of carboxylic acids is 1. The van der Waals surface area contributed by atoms with Crippen LogP contribution in [-0.2, 0) is 14.4 Å². The van der Waals surface area contributed by atoms with Crippen LogP contribution in [0.1, 0.15) is 90.9 Å². The van der Waals surface area contributed by atoms with Crippen LogP contribution in [0.2, 0.25) is 0 Å². The van der Waals surface area contributed by atoms with Gasteiger partial charge in [0.2, 0.25) is 11.8 Å². The monoisotopic (exact) mass is 413 g/mol. The molecule has 0 aliphatic carbocycles. The lowest BCUT2D eigenvalue weighted by atomic mass is 10.1. The van der Waals surface area contributed by atoms with Gasteiger partial charge in [0.05, 0.1) is 6.54 Å². The van der Waals surface area contributed by atoms with Gasteiger partial charge in [0.15, 0.2) is 0 Å². The molecule has 0 atom stereocenters. The van der Waals surface area contributed by atoms with Gasteiger partial charge in [0, 0.05) is 39.0 Å². The number of carboxylic acid groups (broad SMARTS) is 1. The lowest BCUT2D eigenvalue weighted by molar-refractivity contribution is -0.138. The standard InChI is InChI=1S/C22H43N3O4/c1-3-5-7-9-11-13-20(26)23-15-17-25(19-22(28)29)18-16-24-21(27)14-12-10-8-6-4-2/h3-19H2,1-2H3,(H,23,26)(H,24,27)(H,28,29). The molecule has 0 aromatic carbocycles. The third-order valence-corrected chi connectivity index (χ3v) is 4.87. The number of nitrogens with zero attached hydrogens (tertiary/aromatic N) is 1.